The fourth-order valence-corrected chi connectivity index (χ4v) is 1.74. The van der Waals surface area contributed by atoms with Crippen molar-refractivity contribution in [1.29, 1.82) is 0 Å². The molecular formula is C15H33NO3. The summed E-state index contributed by atoms with van der Waals surface area (Å²) in [5, 5.41) is 12.8. The summed E-state index contributed by atoms with van der Waals surface area (Å²) in [5.74, 6) is 0. The van der Waals surface area contributed by atoms with Gasteiger partial charge in [0.2, 0.25) is 0 Å². The number of aliphatic hydroxyl groups excluding tert-OH is 1. The predicted molar refractivity (Wildman–Crippen MR) is 79.5 cm³/mol. The first-order chi connectivity index (χ1) is 8.89. The molecule has 4 nitrogen and oxygen atoms in total. The quantitative estimate of drug-likeness (QED) is 0.537. The molecule has 0 bridgehead atoms. The molecule has 0 heterocycles. The first-order valence-electron chi connectivity index (χ1n) is 7.38. The van der Waals surface area contributed by atoms with Gasteiger partial charge in [0.05, 0.1) is 12.2 Å². The number of methoxy groups -OCH3 is 1. The number of nitrogens with one attached hydrogen (secondary N) is 1. The van der Waals surface area contributed by atoms with E-state index in [9.17, 15) is 5.11 Å². The summed E-state index contributed by atoms with van der Waals surface area (Å²) in [4.78, 5) is 0. The number of hydrogen-bond donors (Lipinski definition) is 2. The van der Waals surface area contributed by atoms with Gasteiger partial charge in [-0.2, -0.15) is 0 Å². The molecule has 0 spiro atoms. The largest absolute Gasteiger partial charge is 0.394 e. The average Bonchev–Trinajstić information content (AvgIpc) is 2.40. The van der Waals surface area contributed by atoms with E-state index in [1.807, 2.05) is 0 Å². The molecule has 0 aliphatic carbocycles. The van der Waals surface area contributed by atoms with Gasteiger partial charge in [0.25, 0.3) is 0 Å². The smallest absolute Gasteiger partial charge is 0.0644 e. The van der Waals surface area contributed by atoms with Gasteiger partial charge in [0.15, 0.2) is 0 Å². The van der Waals surface area contributed by atoms with Crippen molar-refractivity contribution < 1.29 is 14.6 Å². The van der Waals surface area contributed by atoms with E-state index in [1.165, 1.54) is 0 Å². The molecule has 0 fully saturated rings. The Balaban J connectivity index is 3.66. The lowest BCUT2D eigenvalue weighted by Gasteiger charge is -2.29. The second-order valence-corrected chi connectivity index (χ2v) is 6.08. The van der Waals surface area contributed by atoms with Crippen LogP contribution in [0.1, 0.15) is 53.4 Å². The van der Waals surface area contributed by atoms with Gasteiger partial charge < -0.3 is 19.9 Å². The topological polar surface area (TPSA) is 50.7 Å². The molecule has 4 heteroatoms. The Morgan fingerprint density at radius 1 is 1.11 bits per heavy atom. The normalized spacial score (nSPS) is 15.5. The van der Waals surface area contributed by atoms with Crippen LogP contribution in [0.25, 0.3) is 0 Å². The van der Waals surface area contributed by atoms with Crippen molar-refractivity contribution >= 4 is 0 Å². The molecule has 0 aromatic heterocycles. The summed E-state index contributed by atoms with van der Waals surface area (Å²) >= 11 is 0. The van der Waals surface area contributed by atoms with Crippen molar-refractivity contribution in [3.05, 3.63) is 0 Å². The molecule has 0 aromatic carbocycles. The van der Waals surface area contributed by atoms with Crippen LogP contribution < -0.4 is 5.32 Å². The van der Waals surface area contributed by atoms with E-state index in [2.05, 4.69) is 33.0 Å². The summed E-state index contributed by atoms with van der Waals surface area (Å²) < 4.78 is 11.0. The number of ether oxygens (including phenoxy) is 2. The molecule has 116 valence electrons. The Morgan fingerprint density at radius 3 is 2.32 bits per heavy atom. The van der Waals surface area contributed by atoms with Gasteiger partial charge in [-0.1, -0.05) is 6.92 Å². The molecule has 0 rings (SSSR count). The van der Waals surface area contributed by atoms with Crippen molar-refractivity contribution in [2.45, 2.75) is 64.5 Å². The Bertz CT molecular complexity index is 221. The van der Waals surface area contributed by atoms with E-state index in [0.29, 0.717) is 0 Å². The van der Waals surface area contributed by atoms with E-state index >= 15 is 0 Å². The maximum absolute atomic E-state index is 9.43. The zero-order chi connectivity index (χ0) is 14.8. The highest BCUT2D eigenvalue weighted by Gasteiger charge is 2.21. The van der Waals surface area contributed by atoms with Crippen LogP contribution in [-0.2, 0) is 9.47 Å². The standard InChI is InChI=1S/C15H33NO3/c1-6-10-16-15(4,13-17)8-7-11-19-12-9-14(2,3)18-5/h16-17H,6-13H2,1-5H3. The number of rotatable bonds is 12. The van der Waals surface area contributed by atoms with Crippen molar-refractivity contribution in [2.75, 3.05) is 33.5 Å². The molecule has 0 saturated heterocycles. The first kappa shape index (κ1) is 18.8. The molecule has 1 unspecified atom stereocenters. The third-order valence-corrected chi connectivity index (χ3v) is 3.57. The monoisotopic (exact) mass is 275 g/mol. The molecule has 0 aromatic rings. The second-order valence-electron chi connectivity index (χ2n) is 6.08. The molecular weight excluding hydrogens is 242 g/mol. The van der Waals surface area contributed by atoms with E-state index in [-0.39, 0.29) is 17.7 Å². The van der Waals surface area contributed by atoms with E-state index in [0.717, 1.165) is 45.4 Å². The Morgan fingerprint density at radius 2 is 1.79 bits per heavy atom. The summed E-state index contributed by atoms with van der Waals surface area (Å²) in [7, 11) is 1.73. The van der Waals surface area contributed by atoms with Crippen LogP contribution in [0.5, 0.6) is 0 Å². The molecule has 0 saturated carbocycles. The minimum Gasteiger partial charge on any atom is -0.394 e. The van der Waals surface area contributed by atoms with Gasteiger partial charge in [-0.15, -0.1) is 0 Å². The van der Waals surface area contributed by atoms with Gasteiger partial charge >= 0.3 is 0 Å². The van der Waals surface area contributed by atoms with Gasteiger partial charge in [0.1, 0.15) is 0 Å². The Kier molecular flexibility index (Phi) is 9.62. The number of hydrogen-bond acceptors (Lipinski definition) is 4. The third-order valence-electron chi connectivity index (χ3n) is 3.57. The van der Waals surface area contributed by atoms with Crippen molar-refractivity contribution in [2.24, 2.45) is 0 Å². The van der Waals surface area contributed by atoms with Crippen molar-refractivity contribution in [3.8, 4) is 0 Å². The van der Waals surface area contributed by atoms with Crippen LogP contribution in [0.3, 0.4) is 0 Å². The van der Waals surface area contributed by atoms with Crippen LogP contribution in [0, 0.1) is 0 Å². The molecule has 19 heavy (non-hydrogen) atoms. The molecule has 2 N–H and O–H groups in total. The zero-order valence-electron chi connectivity index (χ0n) is 13.4. The van der Waals surface area contributed by atoms with E-state index < -0.39 is 0 Å². The van der Waals surface area contributed by atoms with Crippen LogP contribution in [0.4, 0.5) is 0 Å². The lowest BCUT2D eigenvalue weighted by molar-refractivity contribution is -0.0108. The summed E-state index contributed by atoms with van der Waals surface area (Å²) in [6.45, 7) is 10.9. The van der Waals surface area contributed by atoms with Crippen molar-refractivity contribution in [1.82, 2.24) is 5.32 Å². The molecule has 0 aliphatic rings. The van der Waals surface area contributed by atoms with Crippen LogP contribution in [0.2, 0.25) is 0 Å². The molecule has 0 radical (unpaired) electrons. The fraction of sp³-hybridized carbons (Fsp3) is 1.00. The van der Waals surface area contributed by atoms with Crippen LogP contribution in [0.15, 0.2) is 0 Å². The van der Waals surface area contributed by atoms with Gasteiger partial charge in [-0.25, -0.2) is 0 Å². The minimum absolute atomic E-state index is 0.109. The Labute approximate surface area is 118 Å². The first-order valence-corrected chi connectivity index (χ1v) is 7.38. The lowest BCUT2D eigenvalue weighted by Crippen LogP contribution is -2.46. The third kappa shape index (κ3) is 9.38. The maximum Gasteiger partial charge on any atom is 0.0644 e. The summed E-state index contributed by atoms with van der Waals surface area (Å²) in [6, 6.07) is 0. The molecule has 1 atom stereocenters. The minimum atomic E-state index is -0.175. The van der Waals surface area contributed by atoms with E-state index in [1.54, 1.807) is 7.11 Å². The highest BCUT2D eigenvalue weighted by atomic mass is 16.5. The highest BCUT2D eigenvalue weighted by Crippen LogP contribution is 2.14. The van der Waals surface area contributed by atoms with Gasteiger partial charge in [-0.3, -0.25) is 0 Å². The van der Waals surface area contributed by atoms with Crippen LogP contribution >= 0.6 is 0 Å². The zero-order valence-corrected chi connectivity index (χ0v) is 13.4. The van der Waals surface area contributed by atoms with E-state index in [4.69, 9.17) is 9.47 Å². The highest BCUT2D eigenvalue weighted by molar-refractivity contribution is 4.81. The van der Waals surface area contributed by atoms with Crippen molar-refractivity contribution in [3.63, 3.8) is 0 Å². The second kappa shape index (κ2) is 9.70. The maximum atomic E-state index is 9.43. The fourth-order valence-electron chi connectivity index (χ4n) is 1.74. The average molecular weight is 275 g/mol. The summed E-state index contributed by atoms with van der Waals surface area (Å²) in [5.41, 5.74) is -0.284. The molecule has 0 aliphatic heterocycles. The predicted octanol–water partition coefficient (Wildman–Crippen LogP) is 2.35. The van der Waals surface area contributed by atoms with Gasteiger partial charge in [-0.05, 0) is 53.0 Å². The number of aliphatic hydroxyl groups is 1. The Hall–Kier alpha value is -0.160. The lowest BCUT2D eigenvalue weighted by atomic mass is 9.97. The van der Waals surface area contributed by atoms with Gasteiger partial charge in [0, 0.05) is 25.9 Å². The molecule has 0 amide bonds. The summed E-state index contributed by atoms with van der Waals surface area (Å²) in [6.07, 6.45) is 3.87. The SMILES string of the molecule is CCCNC(C)(CO)CCCOCCC(C)(C)OC. The van der Waals surface area contributed by atoms with Crippen LogP contribution in [-0.4, -0.2) is 49.7 Å².